The van der Waals surface area contributed by atoms with E-state index >= 15 is 0 Å². The molecule has 0 N–H and O–H groups in total. The highest BCUT2D eigenvalue weighted by Gasteiger charge is 2.33. The van der Waals surface area contributed by atoms with Gasteiger partial charge in [0.15, 0.2) is 5.78 Å². The van der Waals surface area contributed by atoms with Crippen LogP contribution in [-0.2, 0) is 10.0 Å². The lowest BCUT2D eigenvalue weighted by Crippen LogP contribution is -2.38. The van der Waals surface area contributed by atoms with Crippen LogP contribution in [0.3, 0.4) is 0 Å². The average molecular weight is 329 g/mol. The van der Waals surface area contributed by atoms with Crippen LogP contribution >= 0.6 is 0 Å². The minimum absolute atomic E-state index is 0.00981. The number of ketones is 1. The van der Waals surface area contributed by atoms with E-state index in [-0.39, 0.29) is 18.7 Å². The van der Waals surface area contributed by atoms with E-state index in [0.717, 1.165) is 16.7 Å². The van der Waals surface area contributed by atoms with Crippen molar-refractivity contribution in [3.05, 3.63) is 58.7 Å². The largest absolute Gasteiger partial charge is 0.294 e. The molecule has 0 spiro atoms. The number of carbonyl (C=O) groups excluding carboxylic acids is 1. The Kier molecular flexibility index (Phi) is 3.76. The number of sulfonamides is 1. The van der Waals surface area contributed by atoms with Crippen LogP contribution in [0.5, 0.6) is 0 Å². The van der Waals surface area contributed by atoms with Crippen LogP contribution < -0.4 is 4.31 Å². The van der Waals surface area contributed by atoms with Crippen molar-refractivity contribution in [3.8, 4) is 0 Å². The zero-order chi connectivity index (χ0) is 16.8. The molecule has 5 heteroatoms. The number of anilines is 1. The first-order chi connectivity index (χ1) is 10.8. The molecule has 4 nitrogen and oxygen atoms in total. The zero-order valence-corrected chi connectivity index (χ0v) is 14.3. The van der Waals surface area contributed by atoms with Gasteiger partial charge in [0.2, 0.25) is 0 Å². The van der Waals surface area contributed by atoms with Gasteiger partial charge in [-0.15, -0.1) is 0 Å². The predicted octanol–water partition coefficient (Wildman–Crippen LogP) is 3.39. The Labute approximate surface area is 136 Å². The molecule has 1 aliphatic heterocycles. The fourth-order valence-electron chi connectivity index (χ4n) is 3.32. The van der Waals surface area contributed by atoms with Gasteiger partial charge in [-0.3, -0.25) is 9.10 Å². The molecule has 0 saturated carbocycles. The number of aryl methyl sites for hydroxylation is 3. The molecule has 23 heavy (non-hydrogen) atoms. The Morgan fingerprint density at radius 1 is 1.00 bits per heavy atom. The SMILES string of the molecule is Cc1cc(C)c(S(=O)(=O)N2CCC(=O)c3ccccc32)c(C)c1. The van der Waals surface area contributed by atoms with Gasteiger partial charge in [-0.25, -0.2) is 8.42 Å². The molecule has 1 heterocycles. The first-order valence-corrected chi connectivity index (χ1v) is 8.99. The summed E-state index contributed by atoms with van der Waals surface area (Å²) in [5.41, 5.74) is 3.45. The Bertz CT molecular complexity index is 877. The number of hydrogen-bond donors (Lipinski definition) is 0. The lowest BCUT2D eigenvalue weighted by atomic mass is 10.0. The van der Waals surface area contributed by atoms with Gasteiger partial charge in [0.05, 0.1) is 10.6 Å². The molecule has 0 fully saturated rings. The number of rotatable bonds is 2. The molecule has 0 radical (unpaired) electrons. The number of benzene rings is 2. The summed E-state index contributed by atoms with van der Waals surface area (Å²) in [7, 11) is -3.70. The molecule has 0 unspecified atom stereocenters. The maximum Gasteiger partial charge on any atom is 0.264 e. The van der Waals surface area contributed by atoms with Crippen molar-refractivity contribution in [1.29, 1.82) is 0 Å². The summed E-state index contributed by atoms with van der Waals surface area (Å²) in [6.07, 6.45) is 0.209. The van der Waals surface area contributed by atoms with Gasteiger partial charge in [0.1, 0.15) is 0 Å². The Balaban J connectivity index is 2.19. The van der Waals surface area contributed by atoms with Gasteiger partial charge in [0.25, 0.3) is 10.0 Å². The number of Topliss-reactive ketones (excluding diaryl/α,β-unsaturated/α-hetero) is 1. The lowest BCUT2D eigenvalue weighted by molar-refractivity contribution is 0.0982. The highest BCUT2D eigenvalue weighted by Crippen LogP contribution is 2.34. The van der Waals surface area contributed by atoms with E-state index in [4.69, 9.17) is 0 Å². The summed E-state index contributed by atoms with van der Waals surface area (Å²) in [6, 6.07) is 10.7. The predicted molar refractivity (Wildman–Crippen MR) is 90.6 cm³/mol. The van der Waals surface area contributed by atoms with Crippen LogP contribution in [0.15, 0.2) is 41.3 Å². The van der Waals surface area contributed by atoms with Gasteiger partial charge in [-0.05, 0) is 44.0 Å². The number of carbonyl (C=O) groups is 1. The first-order valence-electron chi connectivity index (χ1n) is 7.55. The minimum atomic E-state index is -3.70. The molecule has 0 aromatic heterocycles. The second-order valence-electron chi connectivity index (χ2n) is 6.00. The molecule has 120 valence electrons. The van der Waals surface area contributed by atoms with Gasteiger partial charge in [-0.1, -0.05) is 29.8 Å². The van der Waals surface area contributed by atoms with E-state index in [0.29, 0.717) is 16.1 Å². The second-order valence-corrected chi connectivity index (χ2v) is 7.79. The molecule has 3 rings (SSSR count). The molecule has 0 aliphatic carbocycles. The third kappa shape index (κ3) is 2.55. The van der Waals surface area contributed by atoms with Crippen molar-refractivity contribution in [2.24, 2.45) is 0 Å². The van der Waals surface area contributed by atoms with E-state index in [9.17, 15) is 13.2 Å². The zero-order valence-electron chi connectivity index (χ0n) is 13.5. The van der Waals surface area contributed by atoms with Crippen molar-refractivity contribution in [3.63, 3.8) is 0 Å². The summed E-state index contributed by atoms with van der Waals surface area (Å²) in [4.78, 5) is 12.4. The standard InChI is InChI=1S/C18H19NO3S/c1-12-10-13(2)18(14(3)11-12)23(21,22)19-9-8-17(20)15-6-4-5-7-16(15)19/h4-7,10-11H,8-9H2,1-3H3. The first kappa shape index (κ1) is 15.7. The summed E-state index contributed by atoms with van der Waals surface area (Å²) in [5, 5.41) is 0. The molecule has 2 aromatic carbocycles. The van der Waals surface area contributed by atoms with E-state index in [1.54, 1.807) is 24.3 Å². The maximum atomic E-state index is 13.2. The van der Waals surface area contributed by atoms with Gasteiger partial charge in [0, 0.05) is 18.5 Å². The van der Waals surface area contributed by atoms with Gasteiger partial charge in [-0.2, -0.15) is 0 Å². The number of para-hydroxylation sites is 1. The van der Waals surface area contributed by atoms with Crippen molar-refractivity contribution < 1.29 is 13.2 Å². The fraction of sp³-hybridized carbons (Fsp3) is 0.278. The molecule has 0 atom stereocenters. The monoisotopic (exact) mass is 329 g/mol. The number of hydrogen-bond acceptors (Lipinski definition) is 3. The van der Waals surface area contributed by atoms with Crippen LogP contribution in [-0.4, -0.2) is 20.7 Å². The van der Waals surface area contributed by atoms with Crippen molar-refractivity contribution in [2.45, 2.75) is 32.1 Å². The van der Waals surface area contributed by atoms with Crippen LogP contribution in [0.25, 0.3) is 0 Å². The van der Waals surface area contributed by atoms with Crippen molar-refractivity contribution in [2.75, 3.05) is 10.8 Å². The van der Waals surface area contributed by atoms with E-state index < -0.39 is 10.0 Å². The number of fused-ring (bicyclic) bond motifs is 1. The molecule has 0 saturated heterocycles. The average Bonchev–Trinajstić information content (AvgIpc) is 2.46. The quantitative estimate of drug-likeness (QED) is 0.848. The summed E-state index contributed by atoms with van der Waals surface area (Å²) < 4.78 is 27.8. The van der Waals surface area contributed by atoms with Crippen molar-refractivity contribution >= 4 is 21.5 Å². The van der Waals surface area contributed by atoms with Gasteiger partial charge >= 0.3 is 0 Å². The minimum Gasteiger partial charge on any atom is -0.294 e. The van der Waals surface area contributed by atoms with Crippen LogP contribution in [0.4, 0.5) is 5.69 Å². The highest BCUT2D eigenvalue weighted by atomic mass is 32.2. The van der Waals surface area contributed by atoms with Gasteiger partial charge < -0.3 is 0 Å². The third-order valence-electron chi connectivity index (χ3n) is 4.17. The third-order valence-corrected chi connectivity index (χ3v) is 6.29. The Morgan fingerprint density at radius 3 is 2.26 bits per heavy atom. The topological polar surface area (TPSA) is 54.5 Å². The van der Waals surface area contributed by atoms with E-state index in [1.807, 2.05) is 32.9 Å². The van der Waals surface area contributed by atoms with E-state index in [1.165, 1.54) is 4.31 Å². The van der Waals surface area contributed by atoms with Crippen LogP contribution in [0, 0.1) is 20.8 Å². The van der Waals surface area contributed by atoms with Crippen LogP contribution in [0.1, 0.15) is 33.5 Å². The molecule has 2 aromatic rings. The smallest absolute Gasteiger partial charge is 0.264 e. The van der Waals surface area contributed by atoms with Crippen LogP contribution in [0.2, 0.25) is 0 Å². The van der Waals surface area contributed by atoms with E-state index in [2.05, 4.69) is 0 Å². The Hall–Kier alpha value is -2.14. The molecule has 1 aliphatic rings. The normalized spacial score (nSPS) is 14.7. The van der Waals surface area contributed by atoms with Crippen molar-refractivity contribution in [1.82, 2.24) is 0 Å². The molecular weight excluding hydrogens is 310 g/mol. The fourth-order valence-corrected chi connectivity index (χ4v) is 5.22. The lowest BCUT2D eigenvalue weighted by Gasteiger charge is -2.30. The summed E-state index contributed by atoms with van der Waals surface area (Å²) >= 11 is 0. The summed E-state index contributed by atoms with van der Waals surface area (Å²) in [5.74, 6) is -0.00981. The summed E-state index contributed by atoms with van der Waals surface area (Å²) in [6.45, 7) is 5.76. The second kappa shape index (κ2) is 5.49. The highest BCUT2D eigenvalue weighted by molar-refractivity contribution is 7.93. The maximum absolute atomic E-state index is 13.2. The Morgan fingerprint density at radius 2 is 1.61 bits per heavy atom. The number of nitrogens with zero attached hydrogens (tertiary/aromatic N) is 1. The molecule has 0 amide bonds. The molecule has 0 bridgehead atoms. The molecular formula is C18H19NO3S.